The Bertz CT molecular complexity index is 604. The van der Waals surface area contributed by atoms with Gasteiger partial charge in [0, 0.05) is 18.7 Å². The van der Waals surface area contributed by atoms with Gasteiger partial charge in [-0.3, -0.25) is 4.79 Å². The lowest BCUT2D eigenvalue weighted by Gasteiger charge is -2.41. The molecule has 0 spiro atoms. The van der Waals surface area contributed by atoms with Crippen LogP contribution in [-0.4, -0.2) is 44.9 Å². The highest BCUT2D eigenvalue weighted by Crippen LogP contribution is 2.39. The molecule has 4 N–H and O–H groups in total. The topological polar surface area (TPSA) is 107 Å². The van der Waals surface area contributed by atoms with Gasteiger partial charge in [0.2, 0.25) is 0 Å². The van der Waals surface area contributed by atoms with Gasteiger partial charge in [0.25, 0.3) is 0 Å². The standard InChI is InChI=1S/C16H18O6/c1-22-16(21)10-12(17)9-15(19,20)14(16)8-7-13(18)11-5-3-2-4-6-11/h2-8,10,14,17,19-21H,9H2,1H3. The van der Waals surface area contributed by atoms with E-state index in [4.69, 9.17) is 4.74 Å². The zero-order chi connectivity index (χ0) is 16.4. The third kappa shape index (κ3) is 3.26. The number of carbonyl (C=O) groups excluding carboxylic acids is 1. The van der Waals surface area contributed by atoms with Gasteiger partial charge in [-0.25, -0.2) is 0 Å². The number of aliphatic hydroxyl groups excluding tert-OH is 1. The van der Waals surface area contributed by atoms with E-state index in [2.05, 4.69) is 0 Å². The molecule has 0 heterocycles. The first-order valence-electron chi connectivity index (χ1n) is 6.69. The average Bonchev–Trinajstić information content (AvgIpc) is 2.46. The summed E-state index contributed by atoms with van der Waals surface area (Å²) in [5, 5.41) is 39.8. The van der Waals surface area contributed by atoms with Crippen molar-refractivity contribution in [2.45, 2.75) is 18.0 Å². The van der Waals surface area contributed by atoms with Crippen LogP contribution < -0.4 is 0 Å². The fourth-order valence-corrected chi connectivity index (χ4v) is 2.45. The van der Waals surface area contributed by atoms with Crippen LogP contribution in [0.2, 0.25) is 0 Å². The zero-order valence-corrected chi connectivity index (χ0v) is 12.0. The largest absolute Gasteiger partial charge is 0.512 e. The fourth-order valence-electron chi connectivity index (χ4n) is 2.45. The predicted octanol–water partition coefficient (Wildman–Crippen LogP) is 0.903. The number of allylic oxidation sites excluding steroid dienone is 1. The summed E-state index contributed by atoms with van der Waals surface area (Å²) >= 11 is 0. The van der Waals surface area contributed by atoms with E-state index in [1.54, 1.807) is 30.3 Å². The van der Waals surface area contributed by atoms with E-state index >= 15 is 0 Å². The minimum absolute atomic E-state index is 0.353. The van der Waals surface area contributed by atoms with Crippen molar-refractivity contribution in [1.29, 1.82) is 0 Å². The summed E-state index contributed by atoms with van der Waals surface area (Å²) in [6, 6.07) is 8.41. The number of methoxy groups -OCH3 is 1. The van der Waals surface area contributed by atoms with Crippen LogP contribution in [0.15, 0.2) is 54.3 Å². The highest BCUT2D eigenvalue weighted by Gasteiger charge is 2.51. The molecule has 1 aromatic rings. The SMILES string of the molecule is COC1(O)C=C(O)CC(O)(O)C1C=CC(=O)c1ccccc1. The van der Waals surface area contributed by atoms with Crippen LogP contribution in [0.1, 0.15) is 16.8 Å². The maximum atomic E-state index is 12.0. The summed E-state index contributed by atoms with van der Waals surface area (Å²) in [7, 11) is 1.16. The summed E-state index contributed by atoms with van der Waals surface area (Å²) in [4.78, 5) is 12.0. The van der Waals surface area contributed by atoms with Crippen molar-refractivity contribution >= 4 is 5.78 Å². The highest BCUT2D eigenvalue weighted by molar-refractivity contribution is 6.04. The van der Waals surface area contributed by atoms with E-state index in [0.29, 0.717) is 5.56 Å². The summed E-state index contributed by atoms with van der Waals surface area (Å²) in [6.45, 7) is 0. The molecule has 1 aliphatic carbocycles. The van der Waals surface area contributed by atoms with Crippen molar-refractivity contribution in [2.75, 3.05) is 7.11 Å². The number of benzene rings is 1. The van der Waals surface area contributed by atoms with Gasteiger partial charge in [-0.15, -0.1) is 0 Å². The molecule has 1 aliphatic rings. The molecule has 2 unspecified atom stereocenters. The van der Waals surface area contributed by atoms with Gasteiger partial charge in [-0.1, -0.05) is 36.4 Å². The average molecular weight is 306 g/mol. The summed E-state index contributed by atoms with van der Waals surface area (Å²) < 4.78 is 4.87. The number of rotatable bonds is 4. The number of carbonyl (C=O) groups is 1. The molecule has 1 aromatic carbocycles. The number of hydrogen-bond acceptors (Lipinski definition) is 6. The van der Waals surface area contributed by atoms with Gasteiger partial charge >= 0.3 is 0 Å². The van der Waals surface area contributed by atoms with Gasteiger partial charge in [0.05, 0.1) is 18.1 Å². The molecular weight excluding hydrogens is 288 g/mol. The quantitative estimate of drug-likeness (QED) is 0.374. The third-order valence-electron chi connectivity index (χ3n) is 3.58. The van der Waals surface area contributed by atoms with Gasteiger partial charge in [-0.2, -0.15) is 0 Å². The van der Waals surface area contributed by atoms with Crippen LogP contribution in [0.4, 0.5) is 0 Å². The Morgan fingerprint density at radius 1 is 1.27 bits per heavy atom. The molecule has 2 atom stereocenters. The highest BCUT2D eigenvalue weighted by atomic mass is 16.6. The van der Waals surface area contributed by atoms with Crippen LogP contribution in [0, 0.1) is 5.92 Å². The zero-order valence-electron chi connectivity index (χ0n) is 12.0. The number of aliphatic hydroxyl groups is 4. The van der Waals surface area contributed by atoms with Crippen LogP contribution in [0.5, 0.6) is 0 Å². The smallest absolute Gasteiger partial charge is 0.200 e. The molecule has 6 heteroatoms. The molecule has 0 radical (unpaired) electrons. The summed E-state index contributed by atoms with van der Waals surface area (Å²) in [5.74, 6) is -6.67. The van der Waals surface area contributed by atoms with Crippen LogP contribution in [-0.2, 0) is 4.74 Å². The first-order chi connectivity index (χ1) is 10.3. The minimum Gasteiger partial charge on any atom is -0.512 e. The van der Waals surface area contributed by atoms with Crippen molar-refractivity contribution in [3.63, 3.8) is 0 Å². The molecule has 0 aromatic heterocycles. The van der Waals surface area contributed by atoms with Crippen LogP contribution in [0.25, 0.3) is 0 Å². The van der Waals surface area contributed by atoms with Crippen molar-refractivity contribution < 1.29 is 30.0 Å². The van der Waals surface area contributed by atoms with Crippen molar-refractivity contribution in [1.82, 2.24) is 0 Å². The van der Waals surface area contributed by atoms with Crippen LogP contribution >= 0.6 is 0 Å². The molecule has 2 rings (SSSR count). The molecule has 0 saturated heterocycles. The van der Waals surface area contributed by atoms with E-state index in [1.165, 1.54) is 6.08 Å². The third-order valence-corrected chi connectivity index (χ3v) is 3.58. The lowest BCUT2D eigenvalue weighted by Crippen LogP contribution is -2.54. The Hall–Kier alpha value is -1.99. The van der Waals surface area contributed by atoms with E-state index < -0.39 is 29.7 Å². The fraction of sp³-hybridized carbons (Fsp3) is 0.312. The molecule has 6 nitrogen and oxygen atoms in total. The molecule has 0 aliphatic heterocycles. The second kappa shape index (κ2) is 6.02. The van der Waals surface area contributed by atoms with E-state index in [1.807, 2.05) is 0 Å². The van der Waals surface area contributed by atoms with Gasteiger partial charge in [0.15, 0.2) is 17.4 Å². The Balaban J connectivity index is 2.29. The first kappa shape index (κ1) is 16.4. The van der Waals surface area contributed by atoms with E-state index in [0.717, 1.165) is 19.3 Å². The molecule has 0 saturated carbocycles. The summed E-state index contributed by atoms with van der Waals surface area (Å²) in [6.07, 6.45) is 2.82. The maximum absolute atomic E-state index is 12.0. The normalized spacial score (nSPS) is 27.6. The van der Waals surface area contributed by atoms with Crippen molar-refractivity contribution in [3.05, 3.63) is 59.9 Å². The Morgan fingerprint density at radius 3 is 2.50 bits per heavy atom. The maximum Gasteiger partial charge on any atom is 0.200 e. The lowest BCUT2D eigenvalue weighted by atomic mass is 9.81. The number of hydrogen-bond donors (Lipinski definition) is 4. The molecule has 22 heavy (non-hydrogen) atoms. The van der Waals surface area contributed by atoms with Crippen molar-refractivity contribution in [2.24, 2.45) is 5.92 Å². The molecule has 0 fully saturated rings. The van der Waals surface area contributed by atoms with Crippen molar-refractivity contribution in [3.8, 4) is 0 Å². The first-order valence-corrected chi connectivity index (χ1v) is 6.69. The lowest BCUT2D eigenvalue weighted by molar-refractivity contribution is -0.286. The Kier molecular flexibility index (Phi) is 4.48. The number of ether oxygens (including phenoxy) is 1. The van der Waals surface area contributed by atoms with Gasteiger partial charge < -0.3 is 25.2 Å². The van der Waals surface area contributed by atoms with Gasteiger partial charge in [0.1, 0.15) is 0 Å². The van der Waals surface area contributed by atoms with Crippen LogP contribution in [0.3, 0.4) is 0 Å². The van der Waals surface area contributed by atoms with E-state index in [9.17, 15) is 25.2 Å². The molecular formula is C16H18O6. The monoisotopic (exact) mass is 306 g/mol. The molecule has 118 valence electrons. The van der Waals surface area contributed by atoms with E-state index in [-0.39, 0.29) is 5.78 Å². The molecule has 0 amide bonds. The second-order valence-corrected chi connectivity index (χ2v) is 5.21. The minimum atomic E-state index is -2.45. The van der Waals surface area contributed by atoms with Gasteiger partial charge in [-0.05, 0) is 6.08 Å². The Labute approximate surface area is 127 Å². The number of ketones is 1. The Morgan fingerprint density at radius 2 is 1.91 bits per heavy atom. The second-order valence-electron chi connectivity index (χ2n) is 5.21. The molecule has 0 bridgehead atoms. The predicted molar refractivity (Wildman–Crippen MR) is 77.9 cm³/mol. The summed E-state index contributed by atoms with van der Waals surface area (Å²) in [5.41, 5.74) is 0.426.